The first-order valence-electron chi connectivity index (χ1n) is 6.26. The molecule has 1 aromatic rings. The van der Waals surface area contributed by atoms with Crippen LogP contribution in [0.4, 0.5) is 0 Å². The maximum Gasteiger partial charge on any atom is 0.257 e. The minimum atomic E-state index is -0.399. The summed E-state index contributed by atoms with van der Waals surface area (Å²) in [6.07, 6.45) is 0. The average molecular weight is 280 g/mol. The number of amides is 2. The molecule has 0 aliphatic rings. The van der Waals surface area contributed by atoms with Crippen molar-refractivity contribution in [3.63, 3.8) is 0 Å². The quantitative estimate of drug-likeness (QED) is 0.745. The van der Waals surface area contributed by atoms with Gasteiger partial charge in [0, 0.05) is 20.7 Å². The molecular formula is C14H20N2O4. The maximum atomic E-state index is 12.1. The number of benzene rings is 1. The Morgan fingerprint density at radius 2 is 2.10 bits per heavy atom. The Bertz CT molecular complexity index is 488. The standard InChI is InChI=1S/C14H20N2O4/c1-10-4-5-11(12(17)8-10)14(19)16(2)9-13(18)15-6-7-20-3/h4-5,8,17H,6-7,9H2,1-3H3,(H,15,18). The minimum Gasteiger partial charge on any atom is -0.507 e. The van der Waals surface area contributed by atoms with Crippen LogP contribution in [-0.4, -0.2) is 55.7 Å². The number of aromatic hydroxyl groups is 1. The largest absolute Gasteiger partial charge is 0.507 e. The van der Waals surface area contributed by atoms with E-state index in [2.05, 4.69) is 5.32 Å². The fourth-order valence-electron chi connectivity index (χ4n) is 1.66. The Morgan fingerprint density at radius 1 is 1.40 bits per heavy atom. The molecule has 1 aromatic carbocycles. The highest BCUT2D eigenvalue weighted by Crippen LogP contribution is 2.19. The molecule has 0 bridgehead atoms. The van der Waals surface area contributed by atoms with Crippen LogP contribution in [0, 0.1) is 6.92 Å². The number of carbonyl (C=O) groups excluding carboxylic acids is 2. The van der Waals surface area contributed by atoms with Gasteiger partial charge in [0.25, 0.3) is 5.91 Å². The summed E-state index contributed by atoms with van der Waals surface area (Å²) < 4.78 is 4.81. The van der Waals surface area contributed by atoms with Gasteiger partial charge in [-0.2, -0.15) is 0 Å². The molecule has 1 rings (SSSR count). The molecule has 0 fully saturated rings. The van der Waals surface area contributed by atoms with Gasteiger partial charge in [-0.25, -0.2) is 0 Å². The number of hydrogen-bond acceptors (Lipinski definition) is 4. The van der Waals surface area contributed by atoms with Gasteiger partial charge >= 0.3 is 0 Å². The fourth-order valence-corrected chi connectivity index (χ4v) is 1.66. The van der Waals surface area contributed by atoms with E-state index in [1.165, 1.54) is 18.0 Å². The Labute approximate surface area is 118 Å². The number of aryl methyl sites for hydroxylation is 1. The molecule has 0 aliphatic heterocycles. The smallest absolute Gasteiger partial charge is 0.257 e. The molecule has 0 saturated carbocycles. The number of nitrogens with zero attached hydrogens (tertiary/aromatic N) is 1. The van der Waals surface area contributed by atoms with Crippen LogP contribution in [0.15, 0.2) is 18.2 Å². The number of ether oxygens (including phenoxy) is 1. The van der Waals surface area contributed by atoms with Crippen molar-refractivity contribution in [3.05, 3.63) is 29.3 Å². The molecule has 0 saturated heterocycles. The molecule has 0 heterocycles. The number of hydrogen-bond donors (Lipinski definition) is 2. The summed E-state index contributed by atoms with van der Waals surface area (Å²) in [6.45, 7) is 2.56. The lowest BCUT2D eigenvalue weighted by Crippen LogP contribution is -2.39. The van der Waals surface area contributed by atoms with Crippen molar-refractivity contribution in [1.29, 1.82) is 0 Å². The van der Waals surface area contributed by atoms with Gasteiger partial charge in [-0.1, -0.05) is 6.07 Å². The molecule has 2 N–H and O–H groups in total. The van der Waals surface area contributed by atoms with Crippen molar-refractivity contribution in [2.75, 3.05) is 33.9 Å². The van der Waals surface area contributed by atoms with Crippen LogP contribution in [-0.2, 0) is 9.53 Å². The Kier molecular flexibility index (Phi) is 5.99. The highest BCUT2D eigenvalue weighted by molar-refractivity contribution is 5.98. The van der Waals surface area contributed by atoms with Crippen LogP contribution >= 0.6 is 0 Å². The van der Waals surface area contributed by atoms with E-state index in [1.807, 2.05) is 6.92 Å². The van der Waals surface area contributed by atoms with E-state index in [0.29, 0.717) is 13.2 Å². The number of nitrogens with one attached hydrogen (secondary N) is 1. The Balaban J connectivity index is 2.60. The minimum absolute atomic E-state index is 0.0735. The third kappa shape index (κ3) is 4.55. The van der Waals surface area contributed by atoms with E-state index in [-0.39, 0.29) is 23.8 Å². The number of carbonyl (C=O) groups is 2. The molecular weight excluding hydrogens is 260 g/mol. The van der Waals surface area contributed by atoms with Crippen LogP contribution in [0.1, 0.15) is 15.9 Å². The topological polar surface area (TPSA) is 78.9 Å². The number of methoxy groups -OCH3 is 1. The van der Waals surface area contributed by atoms with Crippen molar-refractivity contribution in [1.82, 2.24) is 10.2 Å². The fraction of sp³-hybridized carbons (Fsp3) is 0.429. The Hall–Kier alpha value is -2.08. The normalized spacial score (nSPS) is 10.2. The van der Waals surface area contributed by atoms with Crippen LogP contribution in [0.2, 0.25) is 0 Å². The predicted molar refractivity (Wildman–Crippen MR) is 74.7 cm³/mol. The lowest BCUT2D eigenvalue weighted by molar-refractivity contribution is -0.121. The lowest BCUT2D eigenvalue weighted by Gasteiger charge is -2.17. The predicted octanol–water partition coefficient (Wildman–Crippen LogP) is 0.535. The molecule has 0 unspecified atom stereocenters. The van der Waals surface area contributed by atoms with E-state index in [0.717, 1.165) is 5.56 Å². The van der Waals surface area contributed by atoms with E-state index in [9.17, 15) is 14.7 Å². The zero-order valence-corrected chi connectivity index (χ0v) is 12.0. The van der Waals surface area contributed by atoms with Crippen molar-refractivity contribution < 1.29 is 19.4 Å². The van der Waals surface area contributed by atoms with Gasteiger partial charge in [-0.3, -0.25) is 9.59 Å². The van der Waals surface area contributed by atoms with Crippen molar-refractivity contribution in [3.8, 4) is 5.75 Å². The molecule has 0 aromatic heterocycles. The van der Waals surface area contributed by atoms with Crippen molar-refractivity contribution in [2.45, 2.75) is 6.92 Å². The summed E-state index contributed by atoms with van der Waals surface area (Å²) >= 11 is 0. The van der Waals surface area contributed by atoms with Gasteiger partial charge in [-0.05, 0) is 24.6 Å². The van der Waals surface area contributed by atoms with Crippen molar-refractivity contribution in [2.24, 2.45) is 0 Å². The van der Waals surface area contributed by atoms with Gasteiger partial charge in [-0.15, -0.1) is 0 Å². The molecule has 0 spiro atoms. The summed E-state index contributed by atoms with van der Waals surface area (Å²) in [7, 11) is 3.06. The summed E-state index contributed by atoms with van der Waals surface area (Å²) in [5.74, 6) is -0.754. The molecule has 6 heteroatoms. The monoisotopic (exact) mass is 280 g/mol. The molecule has 20 heavy (non-hydrogen) atoms. The summed E-state index contributed by atoms with van der Waals surface area (Å²) in [4.78, 5) is 24.9. The van der Waals surface area contributed by atoms with Gasteiger partial charge in [0.1, 0.15) is 5.75 Å². The molecule has 110 valence electrons. The average Bonchev–Trinajstić information content (AvgIpc) is 2.38. The highest BCUT2D eigenvalue weighted by atomic mass is 16.5. The highest BCUT2D eigenvalue weighted by Gasteiger charge is 2.17. The lowest BCUT2D eigenvalue weighted by atomic mass is 10.1. The second kappa shape index (κ2) is 7.49. The van der Waals surface area contributed by atoms with Crippen molar-refractivity contribution >= 4 is 11.8 Å². The summed E-state index contributed by atoms with van der Waals surface area (Å²) in [5.41, 5.74) is 1.04. The third-order valence-corrected chi connectivity index (χ3v) is 2.74. The first-order chi connectivity index (χ1) is 9.45. The second-order valence-electron chi connectivity index (χ2n) is 4.52. The molecule has 0 aliphatic carbocycles. The van der Waals surface area contributed by atoms with E-state index >= 15 is 0 Å². The number of phenolic OH excluding ortho intramolecular Hbond substituents is 1. The third-order valence-electron chi connectivity index (χ3n) is 2.74. The number of phenols is 1. The first kappa shape index (κ1) is 16.0. The van der Waals surface area contributed by atoms with E-state index < -0.39 is 5.91 Å². The first-order valence-corrected chi connectivity index (χ1v) is 6.26. The SMILES string of the molecule is COCCNC(=O)CN(C)C(=O)c1ccc(C)cc1O. The van der Waals surface area contributed by atoms with Gasteiger partial charge < -0.3 is 20.1 Å². The van der Waals surface area contributed by atoms with Crippen LogP contribution in [0.25, 0.3) is 0 Å². The summed E-state index contributed by atoms with van der Waals surface area (Å²) in [6, 6.07) is 4.80. The van der Waals surface area contributed by atoms with Crippen LogP contribution in [0.5, 0.6) is 5.75 Å². The van der Waals surface area contributed by atoms with E-state index in [1.54, 1.807) is 19.2 Å². The van der Waals surface area contributed by atoms with Gasteiger partial charge in [0.15, 0.2) is 0 Å². The van der Waals surface area contributed by atoms with Gasteiger partial charge in [0.2, 0.25) is 5.91 Å². The maximum absolute atomic E-state index is 12.1. The number of likely N-dealkylation sites (N-methyl/N-ethyl adjacent to an activating group) is 1. The van der Waals surface area contributed by atoms with Crippen LogP contribution < -0.4 is 5.32 Å². The molecule has 0 radical (unpaired) electrons. The molecule has 0 atom stereocenters. The second-order valence-corrected chi connectivity index (χ2v) is 4.52. The molecule has 2 amide bonds. The van der Waals surface area contributed by atoms with Gasteiger partial charge in [0.05, 0.1) is 18.7 Å². The molecule has 6 nitrogen and oxygen atoms in total. The zero-order chi connectivity index (χ0) is 15.1. The number of rotatable bonds is 6. The summed E-state index contributed by atoms with van der Waals surface area (Å²) in [5, 5.41) is 12.4. The zero-order valence-electron chi connectivity index (χ0n) is 12.0. The Morgan fingerprint density at radius 3 is 2.70 bits per heavy atom. The van der Waals surface area contributed by atoms with E-state index in [4.69, 9.17) is 4.74 Å². The van der Waals surface area contributed by atoms with Crippen LogP contribution in [0.3, 0.4) is 0 Å².